The Balaban J connectivity index is 0. The van der Waals surface area contributed by atoms with Gasteiger partial charge in [-0.3, -0.25) is 0 Å². The number of hydrogen-bond donors (Lipinski definition) is 1. The van der Waals surface area contributed by atoms with Crippen LogP contribution in [0, 0.1) is 0 Å². The third-order valence-corrected chi connectivity index (χ3v) is 2.58. The van der Waals surface area contributed by atoms with Crippen LogP contribution in [0.3, 0.4) is 0 Å². The van der Waals surface area contributed by atoms with Crippen LogP contribution in [0.25, 0.3) is 0 Å². The molecule has 1 aliphatic heterocycles. The first kappa shape index (κ1) is 16.9. The van der Waals surface area contributed by atoms with Gasteiger partial charge in [0, 0.05) is 19.7 Å². The Hall–Kier alpha value is 0.460. The Labute approximate surface area is 99.4 Å². The number of rotatable bonds is 4. The molecule has 0 spiro atoms. The van der Waals surface area contributed by atoms with Gasteiger partial charge in [-0.25, -0.2) is 0 Å². The lowest BCUT2D eigenvalue weighted by Crippen LogP contribution is -2.42. The van der Waals surface area contributed by atoms with Crippen molar-refractivity contribution >= 4 is 24.8 Å². The molecule has 5 heteroatoms. The van der Waals surface area contributed by atoms with E-state index in [1.807, 2.05) is 0 Å². The molecule has 1 saturated heterocycles. The highest BCUT2D eigenvalue weighted by molar-refractivity contribution is 5.85. The third-order valence-electron chi connectivity index (χ3n) is 2.58. The van der Waals surface area contributed by atoms with Crippen molar-refractivity contribution in [1.29, 1.82) is 0 Å². The van der Waals surface area contributed by atoms with Crippen molar-refractivity contribution in [2.24, 2.45) is 0 Å². The molecule has 0 aromatic rings. The first-order valence-corrected chi connectivity index (χ1v) is 4.74. The summed E-state index contributed by atoms with van der Waals surface area (Å²) in [4.78, 5) is 2.41. The summed E-state index contributed by atoms with van der Waals surface area (Å²) in [6, 6.07) is 0.765. The highest BCUT2D eigenvalue weighted by Gasteiger charge is 2.16. The van der Waals surface area contributed by atoms with Gasteiger partial charge < -0.3 is 15.0 Å². The molecule has 1 rings (SSSR count). The van der Waals surface area contributed by atoms with E-state index in [1.165, 1.54) is 25.9 Å². The molecule has 0 unspecified atom stereocenters. The van der Waals surface area contributed by atoms with E-state index in [1.54, 1.807) is 7.11 Å². The van der Waals surface area contributed by atoms with Crippen LogP contribution in [0.15, 0.2) is 0 Å². The van der Waals surface area contributed by atoms with Crippen LogP contribution in [0.2, 0.25) is 0 Å². The Kier molecular flexibility index (Phi) is 12.0. The fourth-order valence-corrected chi connectivity index (χ4v) is 1.67. The molecule has 88 valence electrons. The Morgan fingerprint density at radius 1 is 1.29 bits per heavy atom. The highest BCUT2D eigenvalue weighted by Crippen LogP contribution is 2.08. The van der Waals surface area contributed by atoms with Gasteiger partial charge in [0.1, 0.15) is 0 Å². The molecule has 14 heavy (non-hydrogen) atoms. The molecule has 0 aromatic carbocycles. The van der Waals surface area contributed by atoms with Crippen LogP contribution in [0.1, 0.15) is 12.8 Å². The molecule has 0 aromatic heterocycles. The van der Waals surface area contributed by atoms with Gasteiger partial charge in [0.05, 0.1) is 6.61 Å². The molecule has 0 atom stereocenters. The average Bonchev–Trinajstić information content (AvgIpc) is 2.15. The second-order valence-electron chi connectivity index (χ2n) is 3.45. The number of hydrogen-bond acceptors (Lipinski definition) is 3. The first-order valence-electron chi connectivity index (χ1n) is 4.74. The van der Waals surface area contributed by atoms with Gasteiger partial charge in [0.25, 0.3) is 0 Å². The molecular weight excluding hydrogens is 223 g/mol. The Morgan fingerprint density at radius 3 is 2.36 bits per heavy atom. The number of nitrogens with zero attached hydrogens (tertiary/aromatic N) is 1. The van der Waals surface area contributed by atoms with Gasteiger partial charge in [-0.1, -0.05) is 0 Å². The normalized spacial score (nSPS) is 17.4. The van der Waals surface area contributed by atoms with Gasteiger partial charge in [0.15, 0.2) is 0 Å². The second-order valence-corrected chi connectivity index (χ2v) is 3.45. The van der Waals surface area contributed by atoms with Crippen LogP contribution >= 0.6 is 24.8 Å². The van der Waals surface area contributed by atoms with E-state index >= 15 is 0 Å². The van der Waals surface area contributed by atoms with Crippen molar-refractivity contribution < 1.29 is 4.74 Å². The molecule has 3 nitrogen and oxygen atoms in total. The summed E-state index contributed by atoms with van der Waals surface area (Å²) in [5.41, 5.74) is 0. The van der Waals surface area contributed by atoms with Crippen LogP contribution in [-0.2, 0) is 4.74 Å². The minimum atomic E-state index is 0. The van der Waals surface area contributed by atoms with Crippen LogP contribution < -0.4 is 5.32 Å². The zero-order chi connectivity index (χ0) is 8.81. The fraction of sp³-hybridized carbons (Fsp3) is 1.00. The molecule has 0 amide bonds. The van der Waals surface area contributed by atoms with Crippen molar-refractivity contribution in [3.63, 3.8) is 0 Å². The van der Waals surface area contributed by atoms with Crippen LogP contribution in [-0.4, -0.2) is 51.3 Å². The van der Waals surface area contributed by atoms with E-state index in [4.69, 9.17) is 4.74 Å². The minimum absolute atomic E-state index is 0. The van der Waals surface area contributed by atoms with Crippen LogP contribution in [0.4, 0.5) is 0 Å². The molecule has 1 heterocycles. The lowest BCUT2D eigenvalue weighted by Gasteiger charge is -2.31. The number of piperidine rings is 1. The largest absolute Gasteiger partial charge is 0.383 e. The zero-order valence-electron chi connectivity index (χ0n) is 8.99. The SMILES string of the molecule is COCCN(C)C1CCNCC1.Cl.Cl. The number of halogens is 2. The maximum Gasteiger partial charge on any atom is 0.0589 e. The van der Waals surface area contributed by atoms with E-state index in [-0.39, 0.29) is 24.8 Å². The predicted molar refractivity (Wildman–Crippen MR) is 64.9 cm³/mol. The van der Waals surface area contributed by atoms with Gasteiger partial charge in [0.2, 0.25) is 0 Å². The molecular formula is C9H22Cl2N2O. The van der Waals surface area contributed by atoms with Crippen LogP contribution in [0.5, 0.6) is 0 Å². The molecule has 0 radical (unpaired) electrons. The summed E-state index contributed by atoms with van der Waals surface area (Å²) in [5.74, 6) is 0. The Morgan fingerprint density at radius 2 is 1.86 bits per heavy atom. The van der Waals surface area contributed by atoms with Gasteiger partial charge in [-0.05, 0) is 33.0 Å². The molecule has 0 bridgehead atoms. The van der Waals surface area contributed by atoms with Crippen molar-refractivity contribution in [1.82, 2.24) is 10.2 Å². The monoisotopic (exact) mass is 244 g/mol. The van der Waals surface area contributed by atoms with Gasteiger partial charge in [-0.2, -0.15) is 0 Å². The topological polar surface area (TPSA) is 24.5 Å². The third kappa shape index (κ3) is 6.04. The molecule has 1 aliphatic rings. The van der Waals surface area contributed by atoms with Gasteiger partial charge >= 0.3 is 0 Å². The van der Waals surface area contributed by atoms with E-state index in [9.17, 15) is 0 Å². The van der Waals surface area contributed by atoms with E-state index in [2.05, 4.69) is 17.3 Å². The number of nitrogens with one attached hydrogen (secondary N) is 1. The van der Waals surface area contributed by atoms with Crippen molar-refractivity contribution in [2.75, 3.05) is 40.4 Å². The zero-order valence-corrected chi connectivity index (χ0v) is 10.6. The molecule has 0 saturated carbocycles. The number of likely N-dealkylation sites (N-methyl/N-ethyl adjacent to an activating group) is 1. The van der Waals surface area contributed by atoms with Crippen molar-refractivity contribution in [3.8, 4) is 0 Å². The maximum atomic E-state index is 5.05. The summed E-state index contributed by atoms with van der Waals surface area (Å²) >= 11 is 0. The lowest BCUT2D eigenvalue weighted by atomic mass is 10.1. The summed E-state index contributed by atoms with van der Waals surface area (Å²) in [6.45, 7) is 4.24. The first-order chi connectivity index (χ1) is 5.84. The van der Waals surface area contributed by atoms with E-state index in [0.717, 1.165) is 19.2 Å². The van der Waals surface area contributed by atoms with Gasteiger partial charge in [-0.15, -0.1) is 24.8 Å². The van der Waals surface area contributed by atoms with Crippen molar-refractivity contribution in [2.45, 2.75) is 18.9 Å². The molecule has 0 aliphatic carbocycles. The second kappa shape index (κ2) is 9.99. The number of ether oxygens (including phenoxy) is 1. The maximum absolute atomic E-state index is 5.05. The highest BCUT2D eigenvalue weighted by atomic mass is 35.5. The summed E-state index contributed by atoms with van der Waals surface area (Å²) < 4.78 is 5.05. The lowest BCUT2D eigenvalue weighted by molar-refractivity contribution is 0.126. The summed E-state index contributed by atoms with van der Waals surface area (Å²) in [5, 5.41) is 3.37. The molecule has 1 fully saturated rings. The van der Waals surface area contributed by atoms with Crippen molar-refractivity contribution in [3.05, 3.63) is 0 Å². The minimum Gasteiger partial charge on any atom is -0.383 e. The standard InChI is InChI=1S/C9H20N2O.2ClH/c1-11(7-8-12-2)9-3-5-10-6-4-9;;/h9-10H,3-8H2,1-2H3;2*1H. The smallest absolute Gasteiger partial charge is 0.0589 e. The van der Waals surface area contributed by atoms with E-state index < -0.39 is 0 Å². The number of methoxy groups -OCH3 is 1. The average molecular weight is 245 g/mol. The summed E-state index contributed by atoms with van der Waals surface area (Å²) in [6.07, 6.45) is 2.56. The fourth-order valence-electron chi connectivity index (χ4n) is 1.67. The van der Waals surface area contributed by atoms with E-state index in [0.29, 0.717) is 0 Å². The molecule has 1 N–H and O–H groups in total. The predicted octanol–water partition coefficient (Wildman–Crippen LogP) is 1.16. The quantitative estimate of drug-likeness (QED) is 0.804. The summed E-state index contributed by atoms with van der Waals surface area (Å²) in [7, 11) is 3.95. The Bertz CT molecular complexity index is 121.